The van der Waals surface area contributed by atoms with E-state index in [1.165, 1.54) is 36.5 Å². The van der Waals surface area contributed by atoms with Crippen LogP contribution in [-0.2, 0) is 6.61 Å². The van der Waals surface area contributed by atoms with Crippen LogP contribution in [0.15, 0.2) is 23.6 Å². The Bertz CT molecular complexity index is 580. The molecular formula is C13H12FNO2S. The molecule has 3 nitrogen and oxygen atoms in total. The molecule has 0 radical (unpaired) electrons. The molecule has 0 saturated carbocycles. The Morgan fingerprint density at radius 3 is 2.89 bits per heavy atom. The van der Waals surface area contributed by atoms with Crippen molar-refractivity contribution < 1.29 is 13.9 Å². The monoisotopic (exact) mass is 265 g/mol. The highest BCUT2D eigenvalue weighted by Crippen LogP contribution is 2.21. The maximum absolute atomic E-state index is 13.1. The number of thiazole rings is 1. The first-order valence-electron chi connectivity index (χ1n) is 5.40. The average Bonchev–Trinajstić information content (AvgIpc) is 2.73. The van der Waals surface area contributed by atoms with Crippen molar-refractivity contribution in [2.45, 2.75) is 20.5 Å². The zero-order chi connectivity index (χ0) is 13.1. The summed E-state index contributed by atoms with van der Waals surface area (Å²) in [5.41, 5.74) is 1.05. The smallest absolute Gasteiger partial charge is 0.163 e. The van der Waals surface area contributed by atoms with Gasteiger partial charge >= 0.3 is 0 Å². The third-order valence-electron chi connectivity index (χ3n) is 2.36. The molecule has 0 saturated heterocycles. The fraction of sp³-hybridized carbons (Fsp3) is 0.231. The Hall–Kier alpha value is -1.75. The molecule has 1 heterocycles. The largest absolute Gasteiger partial charge is 0.487 e. The van der Waals surface area contributed by atoms with Crippen molar-refractivity contribution in [3.05, 3.63) is 45.7 Å². The van der Waals surface area contributed by atoms with Gasteiger partial charge in [-0.3, -0.25) is 4.79 Å². The van der Waals surface area contributed by atoms with Gasteiger partial charge in [0.25, 0.3) is 0 Å². The van der Waals surface area contributed by atoms with E-state index < -0.39 is 5.82 Å². The van der Waals surface area contributed by atoms with E-state index in [9.17, 15) is 9.18 Å². The molecule has 0 bridgehead atoms. The topological polar surface area (TPSA) is 39.2 Å². The standard InChI is InChI=1S/C13H12FNO2S/c1-8(16)12-5-10(14)3-4-13(12)17-6-11-7-18-9(2)15-11/h3-5,7H,6H2,1-2H3. The Kier molecular flexibility index (Phi) is 3.72. The second kappa shape index (κ2) is 5.27. The number of rotatable bonds is 4. The second-order valence-electron chi connectivity index (χ2n) is 3.84. The molecule has 0 aliphatic carbocycles. The molecule has 1 aromatic carbocycles. The van der Waals surface area contributed by atoms with Gasteiger partial charge in [-0.2, -0.15) is 0 Å². The van der Waals surface area contributed by atoms with Crippen molar-refractivity contribution in [2.75, 3.05) is 0 Å². The number of benzene rings is 1. The molecule has 5 heteroatoms. The zero-order valence-electron chi connectivity index (χ0n) is 10.1. The van der Waals surface area contributed by atoms with Crippen molar-refractivity contribution >= 4 is 17.1 Å². The molecule has 0 unspecified atom stereocenters. The summed E-state index contributed by atoms with van der Waals surface area (Å²) in [6, 6.07) is 3.92. The van der Waals surface area contributed by atoms with Crippen LogP contribution in [-0.4, -0.2) is 10.8 Å². The van der Waals surface area contributed by atoms with Crippen LogP contribution in [0.4, 0.5) is 4.39 Å². The highest BCUT2D eigenvalue weighted by Gasteiger charge is 2.10. The van der Waals surface area contributed by atoms with Gasteiger partial charge in [-0.1, -0.05) is 0 Å². The third kappa shape index (κ3) is 2.92. The second-order valence-corrected chi connectivity index (χ2v) is 4.91. The van der Waals surface area contributed by atoms with Gasteiger partial charge in [0.15, 0.2) is 5.78 Å². The fourth-order valence-electron chi connectivity index (χ4n) is 1.53. The predicted molar refractivity (Wildman–Crippen MR) is 67.6 cm³/mol. The molecule has 0 fully saturated rings. The lowest BCUT2D eigenvalue weighted by Crippen LogP contribution is -2.02. The number of hydrogen-bond donors (Lipinski definition) is 0. The number of ether oxygens (including phenoxy) is 1. The van der Waals surface area contributed by atoms with E-state index in [1.54, 1.807) is 0 Å². The number of hydrogen-bond acceptors (Lipinski definition) is 4. The lowest BCUT2D eigenvalue weighted by atomic mass is 10.1. The lowest BCUT2D eigenvalue weighted by molar-refractivity contribution is 0.101. The molecule has 0 atom stereocenters. The van der Waals surface area contributed by atoms with Crippen LogP contribution in [0.2, 0.25) is 0 Å². The van der Waals surface area contributed by atoms with Crippen LogP contribution in [0.3, 0.4) is 0 Å². The quantitative estimate of drug-likeness (QED) is 0.796. The molecule has 0 amide bonds. The summed E-state index contributed by atoms with van der Waals surface area (Å²) in [7, 11) is 0. The summed E-state index contributed by atoms with van der Waals surface area (Å²) in [6.45, 7) is 3.57. The number of carbonyl (C=O) groups excluding carboxylic acids is 1. The average molecular weight is 265 g/mol. The molecule has 2 aromatic rings. The van der Waals surface area contributed by atoms with E-state index in [1.807, 2.05) is 12.3 Å². The van der Waals surface area contributed by atoms with Gasteiger partial charge in [0.05, 0.1) is 16.3 Å². The summed E-state index contributed by atoms with van der Waals surface area (Å²) in [6.07, 6.45) is 0. The van der Waals surface area contributed by atoms with E-state index in [0.717, 1.165) is 10.7 Å². The number of ketones is 1. The molecule has 18 heavy (non-hydrogen) atoms. The number of carbonyl (C=O) groups is 1. The van der Waals surface area contributed by atoms with Gasteiger partial charge in [-0.25, -0.2) is 9.37 Å². The SMILES string of the molecule is CC(=O)c1cc(F)ccc1OCc1csc(C)n1. The van der Waals surface area contributed by atoms with Gasteiger partial charge in [-0.05, 0) is 32.0 Å². The Labute approximate surface area is 108 Å². The van der Waals surface area contributed by atoms with Crippen LogP contribution in [0.1, 0.15) is 28.0 Å². The molecule has 94 valence electrons. The summed E-state index contributed by atoms with van der Waals surface area (Å²) in [5.74, 6) is -0.287. The molecule has 1 aromatic heterocycles. The Morgan fingerprint density at radius 2 is 2.28 bits per heavy atom. The molecule has 0 aliphatic rings. The van der Waals surface area contributed by atoms with Crippen molar-refractivity contribution in [3.63, 3.8) is 0 Å². The van der Waals surface area contributed by atoms with Crippen LogP contribution >= 0.6 is 11.3 Å². The molecular weight excluding hydrogens is 253 g/mol. The van der Waals surface area contributed by atoms with Crippen LogP contribution in [0.5, 0.6) is 5.75 Å². The van der Waals surface area contributed by atoms with Crippen LogP contribution in [0, 0.1) is 12.7 Å². The first-order valence-corrected chi connectivity index (χ1v) is 6.28. The minimum atomic E-state index is -0.447. The summed E-state index contributed by atoms with van der Waals surface area (Å²) >= 11 is 1.53. The minimum Gasteiger partial charge on any atom is -0.487 e. The van der Waals surface area contributed by atoms with Gasteiger partial charge < -0.3 is 4.74 Å². The summed E-state index contributed by atoms with van der Waals surface area (Å²) in [4.78, 5) is 15.6. The van der Waals surface area contributed by atoms with Crippen molar-refractivity contribution in [1.82, 2.24) is 4.98 Å². The first kappa shape index (κ1) is 12.7. The molecule has 0 N–H and O–H groups in total. The van der Waals surface area contributed by atoms with E-state index >= 15 is 0 Å². The van der Waals surface area contributed by atoms with Crippen molar-refractivity contribution in [3.8, 4) is 5.75 Å². The minimum absolute atomic E-state index is 0.223. The Morgan fingerprint density at radius 1 is 1.50 bits per heavy atom. The van der Waals surface area contributed by atoms with Crippen molar-refractivity contribution in [2.24, 2.45) is 0 Å². The highest BCUT2D eigenvalue weighted by atomic mass is 32.1. The number of aromatic nitrogens is 1. The van der Waals surface area contributed by atoms with Crippen LogP contribution < -0.4 is 4.74 Å². The summed E-state index contributed by atoms with van der Waals surface area (Å²) in [5, 5.41) is 2.85. The predicted octanol–water partition coefficient (Wildman–Crippen LogP) is 3.37. The number of nitrogens with zero attached hydrogens (tertiary/aromatic N) is 1. The summed E-state index contributed by atoms with van der Waals surface area (Å²) < 4.78 is 18.6. The zero-order valence-corrected chi connectivity index (χ0v) is 10.9. The normalized spacial score (nSPS) is 10.4. The molecule has 0 spiro atoms. The van der Waals surface area contributed by atoms with Gasteiger partial charge in [0, 0.05) is 5.38 Å². The van der Waals surface area contributed by atoms with Gasteiger partial charge in [0.2, 0.25) is 0 Å². The van der Waals surface area contributed by atoms with E-state index in [0.29, 0.717) is 5.75 Å². The third-order valence-corrected chi connectivity index (χ3v) is 3.19. The number of Topliss-reactive ketones (excluding diaryl/α,β-unsaturated/α-hetero) is 1. The molecule has 0 aliphatic heterocycles. The first-order chi connectivity index (χ1) is 8.56. The lowest BCUT2D eigenvalue weighted by Gasteiger charge is -2.08. The van der Waals surface area contributed by atoms with Gasteiger partial charge in [-0.15, -0.1) is 11.3 Å². The van der Waals surface area contributed by atoms with E-state index in [2.05, 4.69) is 4.98 Å². The number of aryl methyl sites for hydroxylation is 1. The molecule has 2 rings (SSSR count). The van der Waals surface area contributed by atoms with E-state index in [4.69, 9.17) is 4.74 Å². The fourth-order valence-corrected chi connectivity index (χ4v) is 2.13. The highest BCUT2D eigenvalue weighted by molar-refractivity contribution is 7.09. The van der Waals surface area contributed by atoms with Crippen LogP contribution in [0.25, 0.3) is 0 Å². The van der Waals surface area contributed by atoms with Crippen molar-refractivity contribution in [1.29, 1.82) is 0 Å². The Balaban J connectivity index is 2.16. The maximum Gasteiger partial charge on any atom is 0.163 e. The van der Waals surface area contributed by atoms with Gasteiger partial charge in [0.1, 0.15) is 18.2 Å². The maximum atomic E-state index is 13.1. The van der Waals surface area contributed by atoms with E-state index in [-0.39, 0.29) is 18.0 Å². The number of halogens is 1.